The van der Waals surface area contributed by atoms with Gasteiger partial charge in [-0.25, -0.2) is 0 Å². The predicted octanol–water partition coefficient (Wildman–Crippen LogP) is 1.19. The maximum absolute atomic E-state index is 5.28. The average molecular weight is 184 g/mol. The van der Waals surface area contributed by atoms with Crippen LogP contribution >= 0.6 is 0 Å². The molecular formula is C10H20N2O. The van der Waals surface area contributed by atoms with Gasteiger partial charge in [-0.15, -0.1) is 0 Å². The molecule has 3 heteroatoms. The summed E-state index contributed by atoms with van der Waals surface area (Å²) in [6.45, 7) is 7.29. The van der Waals surface area contributed by atoms with Crippen LogP contribution in [0.2, 0.25) is 0 Å². The summed E-state index contributed by atoms with van der Waals surface area (Å²) >= 11 is 0. The van der Waals surface area contributed by atoms with Crippen LogP contribution in [0.4, 0.5) is 0 Å². The van der Waals surface area contributed by atoms with Crippen molar-refractivity contribution in [1.29, 1.82) is 0 Å². The van der Waals surface area contributed by atoms with E-state index in [-0.39, 0.29) is 0 Å². The molecule has 1 heterocycles. The summed E-state index contributed by atoms with van der Waals surface area (Å²) in [5.41, 5.74) is 1.26. The Morgan fingerprint density at radius 1 is 1.38 bits per heavy atom. The third-order valence-corrected chi connectivity index (χ3v) is 2.50. The Labute approximate surface area is 80.8 Å². The Morgan fingerprint density at radius 3 is 2.69 bits per heavy atom. The molecule has 0 aromatic heterocycles. The third-order valence-electron chi connectivity index (χ3n) is 2.50. The molecule has 0 atom stereocenters. The van der Waals surface area contributed by atoms with E-state index in [0.717, 1.165) is 32.7 Å². The predicted molar refractivity (Wildman–Crippen MR) is 55.5 cm³/mol. The number of aliphatic imine (C=N–C) groups is 1. The van der Waals surface area contributed by atoms with Crippen LogP contribution in [-0.2, 0) is 4.74 Å². The van der Waals surface area contributed by atoms with E-state index in [0.29, 0.717) is 0 Å². The van der Waals surface area contributed by atoms with Crippen molar-refractivity contribution in [2.24, 2.45) is 4.99 Å². The smallest absolute Gasteiger partial charge is 0.0594 e. The molecule has 0 aliphatic carbocycles. The molecule has 0 radical (unpaired) electrons. The highest BCUT2D eigenvalue weighted by Crippen LogP contribution is 2.00. The average Bonchev–Trinajstić information content (AvgIpc) is 2.19. The second kappa shape index (κ2) is 6.11. The number of nitrogens with zero attached hydrogens (tertiary/aromatic N) is 2. The molecule has 0 spiro atoms. The van der Waals surface area contributed by atoms with Crippen molar-refractivity contribution < 1.29 is 4.74 Å². The Morgan fingerprint density at radius 2 is 2.08 bits per heavy atom. The zero-order chi connectivity index (χ0) is 9.52. The molecule has 13 heavy (non-hydrogen) atoms. The van der Waals surface area contributed by atoms with Crippen molar-refractivity contribution in [2.75, 3.05) is 39.9 Å². The lowest BCUT2D eigenvalue weighted by Gasteiger charge is -2.26. The van der Waals surface area contributed by atoms with Crippen LogP contribution in [0.1, 0.15) is 19.8 Å². The van der Waals surface area contributed by atoms with Gasteiger partial charge in [0.2, 0.25) is 0 Å². The van der Waals surface area contributed by atoms with E-state index in [2.05, 4.69) is 16.8 Å². The summed E-state index contributed by atoms with van der Waals surface area (Å²) in [7, 11) is 1.87. The van der Waals surface area contributed by atoms with Crippen molar-refractivity contribution in [2.45, 2.75) is 19.8 Å². The van der Waals surface area contributed by atoms with Crippen molar-refractivity contribution in [3.05, 3.63) is 0 Å². The first kappa shape index (κ1) is 10.7. The molecule has 0 unspecified atom stereocenters. The zero-order valence-corrected chi connectivity index (χ0v) is 8.75. The molecule has 1 aliphatic heterocycles. The Balaban J connectivity index is 2.04. The molecular weight excluding hydrogens is 164 g/mol. The van der Waals surface area contributed by atoms with Crippen LogP contribution < -0.4 is 0 Å². The van der Waals surface area contributed by atoms with E-state index in [1.54, 1.807) is 0 Å². The molecule has 1 aliphatic rings. The summed E-state index contributed by atoms with van der Waals surface area (Å²) in [5, 5.41) is 0. The number of rotatable bonds is 4. The van der Waals surface area contributed by atoms with E-state index < -0.39 is 0 Å². The molecule has 1 rings (SSSR count). The summed E-state index contributed by atoms with van der Waals surface area (Å²) in [6, 6.07) is 0. The van der Waals surface area contributed by atoms with E-state index in [1.165, 1.54) is 18.7 Å². The van der Waals surface area contributed by atoms with Gasteiger partial charge >= 0.3 is 0 Å². The summed E-state index contributed by atoms with van der Waals surface area (Å²) in [6.07, 6.45) is 2.36. The lowest BCUT2D eigenvalue weighted by atomic mass is 10.2. The highest BCUT2D eigenvalue weighted by Gasteiger charge is 2.08. The molecule has 0 bridgehead atoms. The fourth-order valence-corrected chi connectivity index (χ4v) is 1.50. The first-order valence-electron chi connectivity index (χ1n) is 5.05. The molecule has 3 nitrogen and oxygen atoms in total. The van der Waals surface area contributed by atoms with Crippen molar-refractivity contribution >= 4 is 5.71 Å². The minimum atomic E-state index is 0.904. The minimum absolute atomic E-state index is 0.904. The molecule has 1 fully saturated rings. The topological polar surface area (TPSA) is 24.8 Å². The summed E-state index contributed by atoms with van der Waals surface area (Å²) in [5.74, 6) is 0. The maximum Gasteiger partial charge on any atom is 0.0594 e. The number of ether oxygens (including phenoxy) is 1. The maximum atomic E-state index is 5.28. The van der Waals surface area contributed by atoms with Gasteiger partial charge in [0.1, 0.15) is 0 Å². The first-order chi connectivity index (χ1) is 6.33. The van der Waals surface area contributed by atoms with Gasteiger partial charge < -0.3 is 4.74 Å². The lowest BCUT2D eigenvalue weighted by molar-refractivity contribution is 0.0376. The highest BCUT2D eigenvalue weighted by molar-refractivity contribution is 5.81. The largest absolute Gasteiger partial charge is 0.379 e. The third kappa shape index (κ3) is 4.39. The summed E-state index contributed by atoms with van der Waals surface area (Å²) < 4.78 is 5.28. The van der Waals surface area contributed by atoms with E-state index in [1.807, 2.05) is 7.05 Å². The highest BCUT2D eigenvalue weighted by atomic mass is 16.5. The molecule has 1 saturated heterocycles. The lowest BCUT2D eigenvalue weighted by Crippen LogP contribution is -2.36. The van der Waals surface area contributed by atoms with Crippen LogP contribution in [0.3, 0.4) is 0 Å². The SMILES string of the molecule is CN=C(C)CCCN1CCOCC1. The zero-order valence-electron chi connectivity index (χ0n) is 8.75. The fraction of sp³-hybridized carbons (Fsp3) is 0.900. The van der Waals surface area contributed by atoms with Crippen LogP contribution in [0.25, 0.3) is 0 Å². The fourth-order valence-electron chi connectivity index (χ4n) is 1.50. The quantitative estimate of drug-likeness (QED) is 0.613. The van der Waals surface area contributed by atoms with Gasteiger partial charge in [0.25, 0.3) is 0 Å². The monoisotopic (exact) mass is 184 g/mol. The van der Waals surface area contributed by atoms with Crippen LogP contribution in [-0.4, -0.2) is 50.5 Å². The second-order valence-electron chi connectivity index (χ2n) is 3.52. The standard InChI is InChI=1S/C10H20N2O/c1-10(11-2)4-3-5-12-6-8-13-9-7-12/h3-9H2,1-2H3. The molecule has 76 valence electrons. The van der Waals surface area contributed by atoms with E-state index >= 15 is 0 Å². The molecule has 0 saturated carbocycles. The van der Waals surface area contributed by atoms with Gasteiger partial charge in [-0.2, -0.15) is 0 Å². The van der Waals surface area contributed by atoms with Crippen molar-refractivity contribution in [3.63, 3.8) is 0 Å². The Hall–Kier alpha value is -0.410. The van der Waals surface area contributed by atoms with Crippen LogP contribution in [0.5, 0.6) is 0 Å². The van der Waals surface area contributed by atoms with Gasteiger partial charge in [0.15, 0.2) is 0 Å². The van der Waals surface area contributed by atoms with Crippen LogP contribution in [0, 0.1) is 0 Å². The number of hydrogen-bond donors (Lipinski definition) is 0. The van der Waals surface area contributed by atoms with Crippen molar-refractivity contribution in [3.8, 4) is 0 Å². The minimum Gasteiger partial charge on any atom is -0.379 e. The van der Waals surface area contributed by atoms with Gasteiger partial charge in [0.05, 0.1) is 13.2 Å². The number of morpholine rings is 1. The summed E-state index contributed by atoms with van der Waals surface area (Å²) in [4.78, 5) is 6.61. The molecule has 0 aromatic rings. The second-order valence-corrected chi connectivity index (χ2v) is 3.52. The first-order valence-corrected chi connectivity index (χ1v) is 5.05. The van der Waals surface area contributed by atoms with E-state index in [9.17, 15) is 0 Å². The van der Waals surface area contributed by atoms with Gasteiger partial charge in [-0.05, 0) is 26.3 Å². The Bertz CT molecular complexity index is 162. The van der Waals surface area contributed by atoms with Gasteiger partial charge in [0, 0.05) is 25.8 Å². The molecule has 0 amide bonds. The Kier molecular flexibility index (Phi) is 5.01. The number of hydrogen-bond acceptors (Lipinski definition) is 3. The normalized spacial score (nSPS) is 20.6. The van der Waals surface area contributed by atoms with Gasteiger partial charge in [-0.3, -0.25) is 9.89 Å². The van der Waals surface area contributed by atoms with Gasteiger partial charge in [-0.1, -0.05) is 0 Å². The van der Waals surface area contributed by atoms with Crippen molar-refractivity contribution in [1.82, 2.24) is 4.90 Å². The van der Waals surface area contributed by atoms with E-state index in [4.69, 9.17) is 4.74 Å². The van der Waals surface area contributed by atoms with Crippen LogP contribution in [0.15, 0.2) is 4.99 Å². The molecule has 0 N–H and O–H groups in total. The molecule has 0 aromatic carbocycles.